The Hall–Kier alpha value is -3.87. The number of aliphatic hydroxyl groups is 1. The van der Waals surface area contributed by atoms with Crippen LogP contribution in [0, 0.1) is 31.6 Å². The number of piperidine rings is 1. The number of amides is 1. The molecule has 4 heterocycles. The summed E-state index contributed by atoms with van der Waals surface area (Å²) in [6.45, 7) is 8.47. The Morgan fingerprint density at radius 3 is 2.49 bits per heavy atom. The highest BCUT2D eigenvalue weighted by atomic mass is 79.9. The van der Waals surface area contributed by atoms with Crippen LogP contribution in [-0.4, -0.2) is 72.3 Å². The van der Waals surface area contributed by atoms with Crippen molar-refractivity contribution < 1.29 is 19.5 Å². The number of ketones is 1. The van der Waals surface area contributed by atoms with Crippen molar-refractivity contribution in [3.8, 4) is 11.1 Å². The van der Waals surface area contributed by atoms with Gasteiger partial charge in [0.2, 0.25) is 5.91 Å². The molecule has 224 valence electrons. The summed E-state index contributed by atoms with van der Waals surface area (Å²) in [6, 6.07) is 7.62. The van der Waals surface area contributed by atoms with Crippen LogP contribution in [0.3, 0.4) is 0 Å². The van der Waals surface area contributed by atoms with Crippen LogP contribution in [0.1, 0.15) is 41.3 Å². The van der Waals surface area contributed by atoms with Gasteiger partial charge < -0.3 is 15.2 Å². The summed E-state index contributed by atoms with van der Waals surface area (Å²) in [5, 5.41) is 17.0. The first kappa shape index (κ1) is 30.6. The molecule has 4 atom stereocenters. The molecule has 2 N–H and O–H groups in total. The van der Waals surface area contributed by atoms with E-state index in [1.807, 2.05) is 45.2 Å². The lowest BCUT2D eigenvalue weighted by Crippen LogP contribution is -2.41. The van der Waals surface area contributed by atoms with Crippen molar-refractivity contribution in [3.63, 3.8) is 0 Å². The number of likely N-dealkylation sites (tertiary alicyclic amines) is 1. The number of aryl methyl sites for hydroxylation is 2. The maximum atomic E-state index is 12.5. The van der Waals surface area contributed by atoms with Gasteiger partial charge in [-0.05, 0) is 89.5 Å². The van der Waals surface area contributed by atoms with E-state index in [1.54, 1.807) is 17.1 Å². The molecule has 1 aliphatic carbocycles. The summed E-state index contributed by atoms with van der Waals surface area (Å²) in [5.41, 5.74) is 4.61. The van der Waals surface area contributed by atoms with Gasteiger partial charge in [0.05, 0.1) is 18.1 Å². The van der Waals surface area contributed by atoms with E-state index in [0.29, 0.717) is 40.5 Å². The Balaban J connectivity index is 0.000000176. The van der Waals surface area contributed by atoms with E-state index in [4.69, 9.17) is 5.11 Å². The number of carbonyl (C=O) groups excluding carboxylic acids is 3. The maximum absolute atomic E-state index is 12.5. The second-order valence-corrected chi connectivity index (χ2v) is 12.1. The molecule has 6 rings (SSSR count). The Kier molecular flexibility index (Phi) is 8.81. The number of carbonyl (C=O) groups is 3. The van der Waals surface area contributed by atoms with Gasteiger partial charge in [0.25, 0.3) is 0 Å². The Bertz CT molecular complexity index is 1700. The fourth-order valence-corrected chi connectivity index (χ4v) is 6.38. The fourth-order valence-electron chi connectivity index (χ4n) is 6.07. The molecule has 12 heteroatoms. The zero-order chi connectivity index (χ0) is 31.0. The molecule has 0 spiro atoms. The number of fused-ring (bicyclic) bond motifs is 2. The van der Waals surface area contributed by atoms with Crippen LogP contribution < -0.4 is 5.32 Å². The SMILES string of the molecule is CC(=O)c1nn(CC=O)c2c(C)cc(-c3cnc(CO)nc3)cc12.Cc1ccc(Br)nc1NC(=O)C1C2C(CN1C)[C@H]2C. The monoisotopic (exact) mass is 647 g/mol. The number of nitrogens with zero attached hydrogens (tertiary/aromatic N) is 6. The Morgan fingerprint density at radius 1 is 1.14 bits per heavy atom. The first-order chi connectivity index (χ1) is 20.5. The second-order valence-electron chi connectivity index (χ2n) is 11.3. The minimum absolute atomic E-state index is 0.000168. The third-order valence-electron chi connectivity index (χ3n) is 8.34. The van der Waals surface area contributed by atoms with Crippen LogP contribution in [0.5, 0.6) is 0 Å². The second kappa shape index (κ2) is 12.4. The van der Waals surface area contributed by atoms with Crippen molar-refractivity contribution >= 4 is 50.6 Å². The van der Waals surface area contributed by atoms with Crippen molar-refractivity contribution in [2.45, 2.75) is 46.9 Å². The molecule has 1 aromatic carbocycles. The molecule has 3 unspecified atom stereocenters. The average molecular weight is 649 g/mol. The number of Topliss-reactive ketones (excluding diaryl/α,β-unsaturated/α-hetero) is 1. The molecule has 2 fully saturated rings. The Labute approximate surface area is 257 Å². The van der Waals surface area contributed by atoms with Gasteiger partial charge in [0.15, 0.2) is 11.6 Å². The summed E-state index contributed by atoms with van der Waals surface area (Å²) in [6.07, 6.45) is 4.01. The van der Waals surface area contributed by atoms with Gasteiger partial charge in [-0.25, -0.2) is 15.0 Å². The molecule has 2 aliphatic rings. The number of aldehydes is 1. The zero-order valence-corrected chi connectivity index (χ0v) is 26.3. The molecule has 3 aromatic heterocycles. The van der Waals surface area contributed by atoms with Crippen molar-refractivity contribution in [3.05, 3.63) is 63.9 Å². The normalized spacial score (nSPS) is 20.7. The van der Waals surface area contributed by atoms with Gasteiger partial charge >= 0.3 is 0 Å². The topological polar surface area (TPSA) is 143 Å². The van der Waals surface area contributed by atoms with Crippen LogP contribution in [0.4, 0.5) is 5.82 Å². The van der Waals surface area contributed by atoms with Crippen molar-refractivity contribution in [1.29, 1.82) is 0 Å². The molecule has 0 bridgehead atoms. The van der Waals surface area contributed by atoms with E-state index < -0.39 is 0 Å². The number of anilines is 1. The van der Waals surface area contributed by atoms with E-state index in [1.165, 1.54) is 6.92 Å². The summed E-state index contributed by atoms with van der Waals surface area (Å²) < 4.78 is 2.29. The molecule has 0 radical (unpaired) electrons. The van der Waals surface area contributed by atoms with E-state index in [9.17, 15) is 14.4 Å². The molecule has 1 amide bonds. The third kappa shape index (κ3) is 6.13. The lowest BCUT2D eigenvalue weighted by molar-refractivity contribution is -0.120. The summed E-state index contributed by atoms with van der Waals surface area (Å²) in [7, 11) is 2.03. The first-order valence-corrected chi connectivity index (χ1v) is 14.9. The number of benzene rings is 1. The van der Waals surface area contributed by atoms with Gasteiger partial charge in [-0.15, -0.1) is 0 Å². The number of nitrogens with one attached hydrogen (secondary N) is 1. The standard InChI is InChI=1S/C17H16N4O3.C14H18BrN3O/c1-10-5-12(13-7-18-15(9-23)19-8-13)6-14-16(11(2)24)20-21(3-4-22)17(10)14;1-7-4-5-10(15)16-13(7)17-14(19)12-11-8(2)9(11)6-18(12)3/h4-8,23H,3,9H2,1-2H3;4-5,8-9,11-12H,6H2,1-3H3,(H,16,17,19)/t;8-,9?,11?,12?/m.1/s1. The van der Waals surface area contributed by atoms with E-state index >= 15 is 0 Å². The molecule has 4 aromatic rings. The number of likely N-dealkylation sites (N-methyl/N-ethyl adjacent to an activating group) is 1. The van der Waals surface area contributed by atoms with Gasteiger partial charge in [0, 0.05) is 36.8 Å². The summed E-state index contributed by atoms with van der Waals surface area (Å²) >= 11 is 3.34. The molecule has 1 aliphatic heterocycles. The van der Waals surface area contributed by atoms with Crippen LogP contribution >= 0.6 is 15.9 Å². The lowest BCUT2D eigenvalue weighted by Gasteiger charge is -2.23. The largest absolute Gasteiger partial charge is 0.388 e. The summed E-state index contributed by atoms with van der Waals surface area (Å²) in [5.74, 6) is 2.84. The molecule has 11 nitrogen and oxygen atoms in total. The van der Waals surface area contributed by atoms with Gasteiger partial charge in [-0.2, -0.15) is 5.10 Å². The highest BCUT2D eigenvalue weighted by Gasteiger charge is 2.60. The van der Waals surface area contributed by atoms with Gasteiger partial charge in [-0.3, -0.25) is 19.2 Å². The van der Waals surface area contributed by atoms with Crippen molar-refractivity contribution in [2.24, 2.45) is 17.8 Å². The molecule has 1 saturated carbocycles. The molecule has 1 saturated heterocycles. The maximum Gasteiger partial charge on any atom is 0.243 e. The number of hydrogen-bond acceptors (Lipinski definition) is 9. The molecular weight excluding hydrogens is 614 g/mol. The number of hydrogen-bond donors (Lipinski definition) is 2. The van der Waals surface area contributed by atoms with Crippen molar-refractivity contribution in [2.75, 3.05) is 18.9 Å². The average Bonchev–Trinajstić information content (AvgIpc) is 3.29. The van der Waals surface area contributed by atoms with Crippen LogP contribution in [0.25, 0.3) is 22.0 Å². The number of pyridine rings is 1. The predicted octanol–water partition coefficient (Wildman–Crippen LogP) is 3.98. The third-order valence-corrected chi connectivity index (χ3v) is 8.78. The Morgan fingerprint density at radius 2 is 1.86 bits per heavy atom. The first-order valence-electron chi connectivity index (χ1n) is 14.1. The number of aliphatic hydroxyl groups excluding tert-OH is 1. The molecule has 43 heavy (non-hydrogen) atoms. The minimum atomic E-state index is -0.217. The van der Waals surface area contributed by atoms with Crippen LogP contribution in [-0.2, 0) is 22.7 Å². The van der Waals surface area contributed by atoms with Gasteiger partial charge in [0.1, 0.15) is 29.0 Å². The van der Waals surface area contributed by atoms with Crippen LogP contribution in [0.2, 0.25) is 0 Å². The van der Waals surface area contributed by atoms with E-state index in [0.717, 1.165) is 45.2 Å². The van der Waals surface area contributed by atoms with Crippen LogP contribution in [0.15, 0.2) is 41.3 Å². The van der Waals surface area contributed by atoms with E-state index in [-0.39, 0.29) is 30.9 Å². The fraction of sp³-hybridized carbons (Fsp3) is 0.387. The molecular formula is C31H34BrN7O4. The van der Waals surface area contributed by atoms with E-state index in [2.05, 4.69) is 53.1 Å². The minimum Gasteiger partial charge on any atom is -0.388 e. The van der Waals surface area contributed by atoms with Crippen molar-refractivity contribution in [1.82, 2.24) is 29.6 Å². The number of aromatic nitrogens is 5. The van der Waals surface area contributed by atoms with Gasteiger partial charge in [-0.1, -0.05) is 13.0 Å². The number of halogens is 1. The quantitative estimate of drug-likeness (QED) is 0.173. The smallest absolute Gasteiger partial charge is 0.243 e. The number of rotatable bonds is 7. The predicted molar refractivity (Wildman–Crippen MR) is 165 cm³/mol. The highest BCUT2D eigenvalue weighted by molar-refractivity contribution is 9.10. The highest BCUT2D eigenvalue weighted by Crippen LogP contribution is 2.54. The zero-order valence-electron chi connectivity index (χ0n) is 24.7. The summed E-state index contributed by atoms with van der Waals surface area (Å²) in [4.78, 5) is 49.9. The lowest BCUT2D eigenvalue weighted by atomic mass is 10.0.